The number of benzene rings is 4. The molecule has 1 aliphatic rings. The Morgan fingerprint density at radius 1 is 0.814 bits per heavy atom. The van der Waals surface area contributed by atoms with Crippen molar-refractivity contribution in [3.8, 4) is 11.5 Å². The summed E-state index contributed by atoms with van der Waals surface area (Å²) in [6.07, 6.45) is -0.0807. The highest BCUT2D eigenvalue weighted by Gasteiger charge is 2.36. The molecule has 5 aromatic rings. The maximum atomic E-state index is 13.6. The summed E-state index contributed by atoms with van der Waals surface area (Å²) in [5.74, 6) is -0.769. The van der Waals surface area contributed by atoms with Gasteiger partial charge in [0.25, 0.3) is 17.7 Å². The zero-order valence-corrected chi connectivity index (χ0v) is 24.3. The number of halogens is 1. The van der Waals surface area contributed by atoms with Crippen molar-refractivity contribution in [2.45, 2.75) is 20.3 Å². The van der Waals surface area contributed by atoms with Crippen molar-refractivity contribution >= 4 is 51.9 Å². The molecule has 0 radical (unpaired) electrons. The molecule has 0 spiro atoms. The first-order valence-corrected chi connectivity index (χ1v) is 13.8. The Kier molecular flexibility index (Phi) is 7.07. The van der Waals surface area contributed by atoms with E-state index in [4.69, 9.17) is 21.1 Å². The van der Waals surface area contributed by atoms with Crippen LogP contribution in [0.25, 0.3) is 10.9 Å². The predicted octanol–water partition coefficient (Wildman–Crippen LogP) is 6.56. The Morgan fingerprint density at radius 3 is 2.05 bits per heavy atom. The van der Waals surface area contributed by atoms with Crippen molar-refractivity contribution in [2.75, 3.05) is 12.0 Å². The third-order valence-electron chi connectivity index (χ3n) is 7.59. The SMILES string of the molecule is COc1ccc2c(c1C)c(OC(=O)Cc1ccc(N3C(=O)c4ccccc4C3=O)cc1)c(C)n2C(=O)c1ccc(Cl)cc1. The van der Waals surface area contributed by atoms with Crippen molar-refractivity contribution in [1.82, 2.24) is 4.57 Å². The molecule has 2 amide bonds. The summed E-state index contributed by atoms with van der Waals surface area (Å²) < 4.78 is 13.0. The van der Waals surface area contributed by atoms with Gasteiger partial charge in [-0.05, 0) is 80.1 Å². The quantitative estimate of drug-likeness (QED) is 0.164. The van der Waals surface area contributed by atoms with Crippen LogP contribution in [0.1, 0.15) is 47.9 Å². The molecule has 0 saturated heterocycles. The van der Waals surface area contributed by atoms with Gasteiger partial charge in [0.2, 0.25) is 0 Å². The highest BCUT2D eigenvalue weighted by atomic mass is 35.5. The molecule has 2 heterocycles. The minimum Gasteiger partial charge on any atom is -0.496 e. The van der Waals surface area contributed by atoms with Crippen LogP contribution in [0, 0.1) is 13.8 Å². The van der Waals surface area contributed by atoms with Crippen molar-refractivity contribution in [3.05, 3.63) is 123 Å². The molecule has 1 aliphatic heterocycles. The average molecular weight is 593 g/mol. The molecule has 0 bridgehead atoms. The van der Waals surface area contributed by atoms with Crippen molar-refractivity contribution in [3.63, 3.8) is 0 Å². The fourth-order valence-corrected chi connectivity index (χ4v) is 5.57. The molecule has 43 heavy (non-hydrogen) atoms. The fourth-order valence-electron chi connectivity index (χ4n) is 5.45. The molecule has 9 heteroatoms. The van der Waals surface area contributed by atoms with E-state index in [1.807, 2.05) is 6.92 Å². The van der Waals surface area contributed by atoms with Gasteiger partial charge in [0.15, 0.2) is 5.75 Å². The molecule has 0 aliphatic carbocycles. The van der Waals surface area contributed by atoms with Crippen molar-refractivity contribution < 1.29 is 28.7 Å². The van der Waals surface area contributed by atoms with Crippen LogP contribution in [0.3, 0.4) is 0 Å². The molecule has 0 saturated carbocycles. The molecular weight excluding hydrogens is 568 g/mol. The van der Waals surface area contributed by atoms with Crippen LogP contribution in [0.4, 0.5) is 5.69 Å². The van der Waals surface area contributed by atoms with E-state index in [0.29, 0.717) is 55.3 Å². The summed E-state index contributed by atoms with van der Waals surface area (Å²) >= 11 is 6.02. The Hall–Kier alpha value is -5.21. The lowest BCUT2D eigenvalue weighted by Gasteiger charge is -2.14. The Labute approximate surface area is 252 Å². The third-order valence-corrected chi connectivity index (χ3v) is 7.84. The monoisotopic (exact) mass is 592 g/mol. The molecule has 0 unspecified atom stereocenters. The number of esters is 1. The van der Waals surface area contributed by atoms with Gasteiger partial charge < -0.3 is 9.47 Å². The van der Waals surface area contributed by atoms with Gasteiger partial charge in [0.1, 0.15) is 5.75 Å². The number of fused-ring (bicyclic) bond motifs is 2. The second-order valence-electron chi connectivity index (χ2n) is 10.2. The smallest absolute Gasteiger partial charge is 0.315 e. The normalized spacial score (nSPS) is 12.5. The van der Waals surface area contributed by atoms with Crippen LogP contribution in [0.15, 0.2) is 84.9 Å². The van der Waals surface area contributed by atoms with Crippen molar-refractivity contribution in [2.24, 2.45) is 0 Å². The fraction of sp³-hybridized carbons (Fsp3) is 0.118. The zero-order valence-electron chi connectivity index (χ0n) is 23.5. The van der Waals surface area contributed by atoms with Gasteiger partial charge in [-0.25, -0.2) is 4.90 Å². The first-order valence-electron chi connectivity index (χ1n) is 13.5. The number of carbonyl (C=O) groups excluding carboxylic acids is 4. The molecule has 4 aromatic carbocycles. The van der Waals surface area contributed by atoms with Gasteiger partial charge in [0, 0.05) is 21.5 Å². The van der Waals surface area contributed by atoms with E-state index in [9.17, 15) is 19.2 Å². The maximum Gasteiger partial charge on any atom is 0.315 e. The number of rotatable bonds is 6. The van der Waals surface area contributed by atoms with Crippen LogP contribution in [-0.2, 0) is 11.2 Å². The number of amides is 2. The van der Waals surface area contributed by atoms with Crippen LogP contribution >= 0.6 is 11.6 Å². The van der Waals surface area contributed by atoms with Crippen LogP contribution in [0.5, 0.6) is 11.5 Å². The van der Waals surface area contributed by atoms with Gasteiger partial charge in [-0.3, -0.25) is 23.7 Å². The van der Waals surface area contributed by atoms with E-state index < -0.39 is 17.8 Å². The van der Waals surface area contributed by atoms with E-state index in [0.717, 1.165) is 10.5 Å². The number of methoxy groups -OCH3 is 1. The minimum absolute atomic E-state index is 0.0807. The maximum absolute atomic E-state index is 13.6. The first-order chi connectivity index (χ1) is 20.7. The van der Waals surface area contributed by atoms with Gasteiger partial charge >= 0.3 is 5.97 Å². The second kappa shape index (κ2) is 10.9. The van der Waals surface area contributed by atoms with Crippen LogP contribution in [0.2, 0.25) is 5.02 Å². The summed E-state index contributed by atoms with van der Waals surface area (Å²) in [7, 11) is 1.55. The largest absolute Gasteiger partial charge is 0.496 e. The van der Waals surface area contributed by atoms with Crippen LogP contribution in [-0.4, -0.2) is 35.4 Å². The molecule has 1 aromatic heterocycles. The van der Waals surface area contributed by atoms with Gasteiger partial charge in [-0.15, -0.1) is 0 Å². The molecule has 0 fully saturated rings. The number of ether oxygens (including phenoxy) is 2. The minimum atomic E-state index is -0.545. The topological polar surface area (TPSA) is 94.9 Å². The second-order valence-corrected chi connectivity index (χ2v) is 10.6. The molecule has 214 valence electrons. The van der Waals surface area contributed by atoms with E-state index >= 15 is 0 Å². The molecule has 8 nitrogen and oxygen atoms in total. The van der Waals surface area contributed by atoms with Crippen molar-refractivity contribution in [1.29, 1.82) is 0 Å². The first kappa shape index (κ1) is 27.9. The van der Waals surface area contributed by atoms with Gasteiger partial charge in [0.05, 0.1) is 41.6 Å². The predicted molar refractivity (Wildman–Crippen MR) is 163 cm³/mol. The number of nitrogens with zero attached hydrogens (tertiary/aromatic N) is 2. The summed E-state index contributed by atoms with van der Waals surface area (Å²) in [5.41, 5.74) is 3.92. The summed E-state index contributed by atoms with van der Waals surface area (Å²) in [6, 6.07) is 23.4. The Bertz CT molecular complexity index is 1920. The lowest BCUT2D eigenvalue weighted by atomic mass is 10.1. The number of hydrogen-bond donors (Lipinski definition) is 0. The lowest BCUT2D eigenvalue weighted by molar-refractivity contribution is -0.133. The molecular formula is C34H25ClN2O6. The highest BCUT2D eigenvalue weighted by Crippen LogP contribution is 2.39. The molecule has 6 rings (SSSR count). The lowest BCUT2D eigenvalue weighted by Crippen LogP contribution is -2.29. The number of hydrogen-bond acceptors (Lipinski definition) is 6. The number of aromatic nitrogens is 1. The number of imide groups is 1. The van der Waals surface area contributed by atoms with E-state index in [1.165, 1.54) is 4.57 Å². The molecule has 0 N–H and O–H groups in total. The summed E-state index contributed by atoms with van der Waals surface area (Å²) in [6.45, 7) is 3.56. The summed E-state index contributed by atoms with van der Waals surface area (Å²) in [4.78, 5) is 53.6. The Balaban J connectivity index is 1.28. The summed E-state index contributed by atoms with van der Waals surface area (Å²) in [5, 5.41) is 1.10. The Morgan fingerprint density at radius 2 is 1.44 bits per heavy atom. The standard InChI is InChI=1S/C34H25ClN2O6/c1-19-28(42-3)17-16-27-30(19)31(20(2)36(27)32(39)22-10-12-23(35)13-11-22)43-29(38)18-21-8-14-24(15-9-21)37-33(40)25-6-4-5-7-26(25)34(37)41/h4-17H,18H2,1-3H3. The third kappa shape index (κ3) is 4.75. The number of anilines is 1. The van der Waals surface area contributed by atoms with E-state index in [2.05, 4.69) is 0 Å². The van der Waals surface area contributed by atoms with Gasteiger partial charge in [-0.1, -0.05) is 35.9 Å². The van der Waals surface area contributed by atoms with Crippen LogP contribution < -0.4 is 14.4 Å². The number of carbonyl (C=O) groups is 4. The van der Waals surface area contributed by atoms with E-state index in [1.54, 1.807) is 99.0 Å². The zero-order chi connectivity index (χ0) is 30.4. The number of aryl methyl sites for hydroxylation is 1. The average Bonchev–Trinajstić information content (AvgIpc) is 3.43. The molecule has 0 atom stereocenters. The van der Waals surface area contributed by atoms with E-state index in [-0.39, 0.29) is 18.1 Å². The highest BCUT2D eigenvalue weighted by molar-refractivity contribution is 6.34. The van der Waals surface area contributed by atoms with Gasteiger partial charge in [-0.2, -0.15) is 0 Å².